The van der Waals surface area contributed by atoms with Crippen molar-refractivity contribution in [2.45, 2.75) is 37.3 Å². The van der Waals surface area contributed by atoms with Crippen LogP contribution in [0.25, 0.3) is 10.4 Å². The van der Waals surface area contributed by atoms with Crippen molar-refractivity contribution in [3.63, 3.8) is 0 Å². The van der Waals surface area contributed by atoms with E-state index in [0.29, 0.717) is 0 Å². The summed E-state index contributed by atoms with van der Waals surface area (Å²) in [5.74, 6) is -0.832. The van der Waals surface area contributed by atoms with E-state index in [2.05, 4.69) is 10.0 Å². The summed E-state index contributed by atoms with van der Waals surface area (Å²) < 4.78 is 33.2. The van der Waals surface area contributed by atoms with Crippen molar-refractivity contribution in [2.24, 2.45) is 5.11 Å². The number of ketones is 1. The molecule has 24 heavy (non-hydrogen) atoms. The Morgan fingerprint density at radius 1 is 1.54 bits per heavy atom. The molecule has 3 aliphatic heterocycles. The van der Waals surface area contributed by atoms with Crippen LogP contribution >= 0.6 is 7.82 Å². The predicted molar refractivity (Wildman–Crippen MR) is 77.3 cm³/mol. The fraction of sp³-hybridized carbons (Fsp3) is 0.667. The van der Waals surface area contributed by atoms with Gasteiger partial charge in [-0.05, 0) is 18.5 Å². The number of phosphoric acid groups is 1. The molecule has 2 fully saturated rings. The molecule has 0 aromatic rings. The van der Waals surface area contributed by atoms with Crippen LogP contribution in [0, 0.1) is 0 Å². The molecule has 0 aromatic carbocycles. The number of rotatable bonds is 3. The van der Waals surface area contributed by atoms with Crippen LogP contribution in [0.4, 0.5) is 0 Å². The summed E-state index contributed by atoms with van der Waals surface area (Å²) in [7, 11) is -2.63. The van der Waals surface area contributed by atoms with E-state index in [4.69, 9.17) is 23.8 Å². The number of fused-ring (bicyclic) bond motifs is 1. The van der Waals surface area contributed by atoms with Gasteiger partial charge in [0.15, 0.2) is 12.0 Å². The zero-order chi connectivity index (χ0) is 17.5. The molecule has 1 amide bonds. The minimum absolute atomic E-state index is 0.118. The molecule has 0 saturated carbocycles. The van der Waals surface area contributed by atoms with E-state index in [1.54, 1.807) is 0 Å². The smallest absolute Gasteiger partial charge is 0.349 e. The van der Waals surface area contributed by atoms with Gasteiger partial charge in [0.05, 0.1) is 13.0 Å². The minimum atomic E-state index is -3.80. The molecule has 0 N–H and O–H groups in total. The molecule has 0 bridgehead atoms. The molecule has 2 saturated heterocycles. The predicted octanol–water partition coefficient (Wildman–Crippen LogP) is 1.27. The lowest BCUT2D eigenvalue weighted by Gasteiger charge is -2.37. The molecule has 12 heteroatoms. The van der Waals surface area contributed by atoms with Crippen molar-refractivity contribution in [1.82, 2.24) is 4.90 Å². The van der Waals surface area contributed by atoms with Gasteiger partial charge >= 0.3 is 7.82 Å². The van der Waals surface area contributed by atoms with E-state index >= 15 is 0 Å². The molecule has 11 nitrogen and oxygen atoms in total. The number of hydrogen-bond donors (Lipinski definition) is 0. The van der Waals surface area contributed by atoms with Gasteiger partial charge < -0.3 is 4.74 Å². The third kappa shape index (κ3) is 2.65. The van der Waals surface area contributed by atoms with Crippen LogP contribution in [0.5, 0.6) is 0 Å². The lowest BCUT2D eigenvalue weighted by Crippen LogP contribution is -2.53. The molecule has 3 rings (SSSR count). The fourth-order valence-corrected chi connectivity index (χ4v) is 4.14. The molecule has 0 radical (unpaired) electrons. The average Bonchev–Trinajstić information content (AvgIpc) is 2.80. The van der Waals surface area contributed by atoms with Crippen molar-refractivity contribution < 1.29 is 32.5 Å². The van der Waals surface area contributed by atoms with Crippen molar-refractivity contribution in [3.05, 3.63) is 22.7 Å². The number of ether oxygens (including phenoxy) is 1. The fourth-order valence-electron chi connectivity index (χ4n) is 2.93. The van der Waals surface area contributed by atoms with Gasteiger partial charge in [0.25, 0.3) is 0 Å². The molecular formula is C12H15N4O7P. The number of phosphoric ester groups is 1. The van der Waals surface area contributed by atoms with Crippen molar-refractivity contribution in [1.29, 1.82) is 0 Å². The molecule has 1 unspecified atom stereocenters. The molecule has 5 atom stereocenters. The first kappa shape index (κ1) is 17.1. The average molecular weight is 358 g/mol. The van der Waals surface area contributed by atoms with Crippen LogP contribution in [-0.4, -0.2) is 54.3 Å². The second-order valence-corrected chi connectivity index (χ2v) is 7.38. The maximum Gasteiger partial charge on any atom is 0.474 e. The minimum Gasteiger partial charge on any atom is -0.349 e. The third-order valence-electron chi connectivity index (χ3n) is 4.13. The number of allylic oxidation sites excluding steroid dienone is 1. The zero-order valence-electron chi connectivity index (χ0n) is 12.9. The summed E-state index contributed by atoms with van der Waals surface area (Å²) in [4.78, 5) is 27.5. The van der Waals surface area contributed by atoms with Gasteiger partial charge in [-0.15, -0.1) is 0 Å². The third-order valence-corrected chi connectivity index (χ3v) is 5.53. The maximum absolute atomic E-state index is 12.2. The molecule has 3 aliphatic rings. The van der Waals surface area contributed by atoms with Gasteiger partial charge in [-0.25, -0.2) is 4.57 Å². The Kier molecular flexibility index (Phi) is 4.25. The molecule has 3 heterocycles. The Hall–Kier alpha value is -1.74. The largest absolute Gasteiger partial charge is 0.474 e. The first-order valence-corrected chi connectivity index (χ1v) is 8.51. The first-order valence-electron chi connectivity index (χ1n) is 7.05. The van der Waals surface area contributed by atoms with E-state index in [1.807, 2.05) is 0 Å². The summed E-state index contributed by atoms with van der Waals surface area (Å²) >= 11 is 0. The standard InChI is InChI=1S/C12H15N4O7P/c1-12(14-15-13)10-8(6-21-24(19,20-2)23-10)22-11(12)16-4-3-7(17)5-9(16)18/h3-4,8,10-11H,5-6H2,1-2H3/t8-,10-,11-,12-,24?/m1/s1. The van der Waals surface area contributed by atoms with Crippen molar-refractivity contribution in [2.75, 3.05) is 13.7 Å². The van der Waals surface area contributed by atoms with Crippen LogP contribution < -0.4 is 0 Å². The normalized spacial score (nSPS) is 41.9. The topological polar surface area (TPSA) is 140 Å². The van der Waals surface area contributed by atoms with E-state index in [1.165, 1.54) is 31.2 Å². The van der Waals surface area contributed by atoms with E-state index in [9.17, 15) is 14.2 Å². The Bertz CT molecular complexity index is 706. The van der Waals surface area contributed by atoms with Gasteiger partial charge in [-0.2, -0.15) is 0 Å². The van der Waals surface area contributed by atoms with Gasteiger partial charge in [-0.1, -0.05) is 5.11 Å². The molecule has 0 aliphatic carbocycles. The zero-order valence-corrected chi connectivity index (χ0v) is 13.8. The number of carbonyl (C=O) groups excluding carboxylic acids is 2. The maximum atomic E-state index is 12.2. The number of nitrogens with zero attached hydrogens (tertiary/aromatic N) is 4. The quantitative estimate of drug-likeness (QED) is 0.243. The Morgan fingerprint density at radius 2 is 2.29 bits per heavy atom. The van der Waals surface area contributed by atoms with Gasteiger partial charge in [0.1, 0.15) is 17.7 Å². The summed E-state index contributed by atoms with van der Waals surface area (Å²) in [5.41, 5.74) is 7.54. The van der Waals surface area contributed by atoms with Crippen LogP contribution in [-0.2, 0) is 32.5 Å². The van der Waals surface area contributed by atoms with Crippen LogP contribution in [0.15, 0.2) is 17.4 Å². The number of azide groups is 1. The van der Waals surface area contributed by atoms with Crippen LogP contribution in [0.3, 0.4) is 0 Å². The lowest BCUT2D eigenvalue weighted by molar-refractivity contribution is -0.146. The molecule has 130 valence electrons. The molecule has 0 spiro atoms. The van der Waals surface area contributed by atoms with E-state index in [0.717, 1.165) is 0 Å². The Morgan fingerprint density at radius 3 is 2.92 bits per heavy atom. The Balaban J connectivity index is 1.98. The second kappa shape index (κ2) is 5.96. The van der Waals surface area contributed by atoms with Gasteiger partial charge in [0, 0.05) is 18.2 Å². The SMILES string of the molecule is COP1(=O)OC[C@H]2O[C@@H](N3C=CC(=O)CC3=O)[C@](C)(N=[N+]=[N-])[C@@H]2O1. The van der Waals surface area contributed by atoms with E-state index in [-0.39, 0.29) is 18.8 Å². The Labute approximate surface area is 136 Å². The second-order valence-electron chi connectivity index (χ2n) is 5.65. The first-order chi connectivity index (χ1) is 11.3. The van der Waals surface area contributed by atoms with Gasteiger partial charge in [-0.3, -0.25) is 28.1 Å². The summed E-state index contributed by atoms with van der Waals surface area (Å²) in [6, 6.07) is 0. The van der Waals surface area contributed by atoms with E-state index < -0.39 is 37.7 Å². The molecule has 0 aromatic heterocycles. The highest BCUT2D eigenvalue weighted by molar-refractivity contribution is 7.48. The summed E-state index contributed by atoms with van der Waals surface area (Å²) in [6.45, 7) is 1.40. The molecular weight excluding hydrogens is 343 g/mol. The number of amides is 1. The van der Waals surface area contributed by atoms with Crippen LogP contribution in [0.1, 0.15) is 13.3 Å². The van der Waals surface area contributed by atoms with Crippen LogP contribution in [0.2, 0.25) is 0 Å². The monoisotopic (exact) mass is 358 g/mol. The van der Waals surface area contributed by atoms with Crippen molar-refractivity contribution >= 4 is 19.5 Å². The highest BCUT2D eigenvalue weighted by atomic mass is 31.2. The highest BCUT2D eigenvalue weighted by Gasteiger charge is 2.61. The number of hydrogen-bond acceptors (Lipinski definition) is 8. The number of carbonyl (C=O) groups is 2. The van der Waals surface area contributed by atoms with Gasteiger partial charge in [0.2, 0.25) is 5.91 Å². The van der Waals surface area contributed by atoms with Crippen molar-refractivity contribution in [3.8, 4) is 0 Å². The highest BCUT2D eigenvalue weighted by Crippen LogP contribution is 2.57. The summed E-state index contributed by atoms with van der Waals surface area (Å²) in [6.07, 6.45) is -0.504. The lowest BCUT2D eigenvalue weighted by atomic mass is 9.92. The summed E-state index contributed by atoms with van der Waals surface area (Å²) in [5, 5.41) is 3.74.